The first-order valence-electron chi connectivity index (χ1n) is 8.07. The van der Waals surface area contributed by atoms with Gasteiger partial charge in [0.1, 0.15) is 0 Å². The lowest BCUT2D eigenvalue weighted by Gasteiger charge is -2.15. The Hall–Kier alpha value is -2.85. The minimum Gasteiger partial charge on any atom is -0.293 e. The molecule has 0 saturated heterocycles. The molecule has 0 amide bonds. The minimum atomic E-state index is -5.24. The van der Waals surface area contributed by atoms with Crippen molar-refractivity contribution in [2.45, 2.75) is 25.5 Å². The maximum absolute atomic E-state index is 12.9. The maximum Gasteiger partial charge on any atom is 0.450 e. The fourth-order valence-electron chi connectivity index (χ4n) is 2.56. The van der Waals surface area contributed by atoms with Crippen LogP contribution in [-0.2, 0) is 17.1 Å². The molecular formula is C19H11F9O2. The van der Waals surface area contributed by atoms with Crippen molar-refractivity contribution < 1.29 is 49.1 Å². The normalized spacial score (nSPS) is 13.8. The van der Waals surface area contributed by atoms with Crippen molar-refractivity contribution in [2.75, 3.05) is 0 Å². The van der Waals surface area contributed by atoms with Gasteiger partial charge in [0.05, 0.1) is 17.0 Å². The monoisotopic (exact) mass is 442 g/mol. The van der Waals surface area contributed by atoms with Gasteiger partial charge in [-0.3, -0.25) is 9.59 Å². The molecule has 0 fully saturated rings. The average Bonchev–Trinajstić information content (AvgIpc) is 2.64. The van der Waals surface area contributed by atoms with E-state index in [9.17, 15) is 49.1 Å². The van der Waals surface area contributed by atoms with Crippen LogP contribution < -0.4 is 0 Å². The highest BCUT2D eigenvalue weighted by Gasteiger charge is 2.44. The van der Waals surface area contributed by atoms with Crippen molar-refractivity contribution in [3.05, 3.63) is 59.2 Å². The van der Waals surface area contributed by atoms with E-state index in [1.807, 2.05) is 0 Å². The number of halogens is 9. The van der Waals surface area contributed by atoms with Crippen LogP contribution in [0.25, 0.3) is 11.1 Å². The summed E-state index contributed by atoms with van der Waals surface area (Å²) in [5.41, 5.74) is -4.05. The third-order valence-electron chi connectivity index (χ3n) is 4.16. The van der Waals surface area contributed by atoms with Crippen LogP contribution in [0.2, 0.25) is 0 Å². The number of ketones is 2. The molecule has 0 radical (unpaired) electrons. The van der Waals surface area contributed by atoms with Crippen LogP contribution in [0.5, 0.6) is 0 Å². The Morgan fingerprint density at radius 3 is 1.50 bits per heavy atom. The van der Waals surface area contributed by atoms with Crippen molar-refractivity contribution in [2.24, 2.45) is 5.92 Å². The lowest BCUT2D eigenvalue weighted by Crippen LogP contribution is -2.33. The van der Waals surface area contributed by atoms with Gasteiger partial charge in [0, 0.05) is 5.56 Å². The van der Waals surface area contributed by atoms with Crippen LogP contribution in [0.15, 0.2) is 42.5 Å². The number of alkyl halides is 9. The molecule has 0 N–H and O–H groups in total. The molecule has 0 aliphatic heterocycles. The Balaban J connectivity index is 2.43. The van der Waals surface area contributed by atoms with Gasteiger partial charge < -0.3 is 0 Å². The van der Waals surface area contributed by atoms with Crippen LogP contribution in [0.1, 0.15) is 28.4 Å². The molecule has 1 unspecified atom stereocenters. The molecule has 0 heterocycles. The third-order valence-corrected chi connectivity index (χ3v) is 4.16. The molecule has 0 bridgehead atoms. The van der Waals surface area contributed by atoms with Crippen molar-refractivity contribution in [3.63, 3.8) is 0 Å². The summed E-state index contributed by atoms with van der Waals surface area (Å²) in [5.74, 6) is -5.52. The van der Waals surface area contributed by atoms with Gasteiger partial charge in [-0.2, -0.15) is 39.5 Å². The van der Waals surface area contributed by atoms with E-state index in [1.54, 1.807) is 0 Å². The molecule has 2 aromatic carbocycles. The van der Waals surface area contributed by atoms with E-state index in [1.165, 1.54) is 0 Å². The summed E-state index contributed by atoms with van der Waals surface area (Å²) in [6.45, 7) is 0.745. The molecular weight excluding hydrogens is 431 g/mol. The number of hydrogen-bond acceptors (Lipinski definition) is 2. The van der Waals surface area contributed by atoms with Crippen LogP contribution >= 0.6 is 0 Å². The summed E-state index contributed by atoms with van der Waals surface area (Å²) in [6.07, 6.45) is -15.3. The van der Waals surface area contributed by atoms with E-state index in [4.69, 9.17) is 0 Å². The second-order valence-corrected chi connectivity index (χ2v) is 6.32. The first-order valence-corrected chi connectivity index (χ1v) is 8.07. The minimum absolute atomic E-state index is 0.0498. The van der Waals surface area contributed by atoms with Crippen LogP contribution in [0.4, 0.5) is 39.5 Å². The number of Topliss-reactive ketones (excluding diaryl/α,β-unsaturated/α-hetero) is 2. The quantitative estimate of drug-likeness (QED) is 0.315. The SMILES string of the molecule is CC(C(=O)c1ccc(-c2cc(C(F)(F)F)cc(C(F)(F)F)c2)cc1)C(=O)C(F)(F)F. The summed E-state index contributed by atoms with van der Waals surface area (Å²) < 4.78 is 115. The molecule has 0 aliphatic carbocycles. The molecule has 0 saturated carbocycles. The van der Waals surface area contributed by atoms with E-state index in [2.05, 4.69) is 0 Å². The topological polar surface area (TPSA) is 34.1 Å². The molecule has 30 heavy (non-hydrogen) atoms. The first-order chi connectivity index (χ1) is 13.5. The number of hydrogen-bond donors (Lipinski definition) is 0. The first kappa shape index (κ1) is 23.4. The third kappa shape index (κ3) is 5.19. The molecule has 0 aromatic heterocycles. The number of rotatable bonds is 4. The Bertz CT molecular complexity index is 920. The zero-order valence-corrected chi connectivity index (χ0v) is 14.8. The van der Waals surface area contributed by atoms with E-state index < -0.39 is 52.7 Å². The lowest BCUT2D eigenvalue weighted by atomic mass is 9.93. The van der Waals surface area contributed by atoms with E-state index >= 15 is 0 Å². The standard InChI is InChI=1S/C19H11F9O2/c1-9(16(30)19(26,27)28)15(29)11-4-2-10(3-5-11)12-6-13(17(20,21)22)8-14(7-12)18(23,24)25/h2-9H,1H3. The van der Waals surface area contributed by atoms with Gasteiger partial charge in [-0.05, 0) is 36.2 Å². The summed E-state index contributed by atoms with van der Waals surface area (Å²) in [4.78, 5) is 23.2. The fourth-order valence-corrected chi connectivity index (χ4v) is 2.56. The largest absolute Gasteiger partial charge is 0.450 e. The Kier molecular flexibility index (Phi) is 6.07. The van der Waals surface area contributed by atoms with Gasteiger partial charge >= 0.3 is 18.5 Å². The maximum atomic E-state index is 12.9. The van der Waals surface area contributed by atoms with E-state index in [-0.39, 0.29) is 17.2 Å². The molecule has 11 heteroatoms. The van der Waals surface area contributed by atoms with Gasteiger partial charge in [0.15, 0.2) is 5.78 Å². The molecule has 2 rings (SSSR count). The number of benzene rings is 2. The van der Waals surface area contributed by atoms with Gasteiger partial charge in [-0.15, -0.1) is 0 Å². The van der Waals surface area contributed by atoms with Crippen LogP contribution in [0, 0.1) is 5.92 Å². The number of carbonyl (C=O) groups is 2. The zero-order chi connectivity index (χ0) is 23.1. The second kappa shape index (κ2) is 7.77. The summed E-state index contributed by atoms with van der Waals surface area (Å²) in [5, 5.41) is 0. The second-order valence-electron chi connectivity index (χ2n) is 6.32. The van der Waals surface area contributed by atoms with E-state index in [0.717, 1.165) is 31.2 Å². The fraction of sp³-hybridized carbons (Fsp3) is 0.263. The average molecular weight is 442 g/mol. The molecule has 0 spiro atoms. The predicted octanol–water partition coefficient (Wildman–Crippen LogP) is 6.34. The van der Waals surface area contributed by atoms with Crippen molar-refractivity contribution in [1.29, 1.82) is 0 Å². The van der Waals surface area contributed by atoms with Crippen LogP contribution in [0.3, 0.4) is 0 Å². The molecule has 2 nitrogen and oxygen atoms in total. The molecule has 1 atom stereocenters. The van der Waals surface area contributed by atoms with Crippen molar-refractivity contribution in [1.82, 2.24) is 0 Å². The Morgan fingerprint density at radius 2 is 1.13 bits per heavy atom. The van der Waals surface area contributed by atoms with Crippen molar-refractivity contribution in [3.8, 4) is 11.1 Å². The summed E-state index contributed by atoms with van der Waals surface area (Å²) in [7, 11) is 0. The van der Waals surface area contributed by atoms with E-state index in [0.29, 0.717) is 12.1 Å². The smallest absolute Gasteiger partial charge is 0.293 e. The van der Waals surface area contributed by atoms with Gasteiger partial charge in [0.25, 0.3) is 0 Å². The molecule has 162 valence electrons. The lowest BCUT2D eigenvalue weighted by molar-refractivity contribution is -0.173. The molecule has 0 aliphatic rings. The Labute approximate surface area is 163 Å². The van der Waals surface area contributed by atoms with Gasteiger partial charge in [-0.1, -0.05) is 24.3 Å². The van der Waals surface area contributed by atoms with Gasteiger partial charge in [0.2, 0.25) is 5.78 Å². The Morgan fingerprint density at radius 1 is 0.700 bits per heavy atom. The van der Waals surface area contributed by atoms with Crippen molar-refractivity contribution >= 4 is 11.6 Å². The highest BCUT2D eigenvalue weighted by Crippen LogP contribution is 2.38. The highest BCUT2D eigenvalue weighted by molar-refractivity contribution is 6.11. The number of carbonyl (C=O) groups excluding carboxylic acids is 2. The van der Waals surface area contributed by atoms with Crippen LogP contribution in [-0.4, -0.2) is 17.7 Å². The summed E-state index contributed by atoms with van der Waals surface area (Å²) >= 11 is 0. The predicted molar refractivity (Wildman–Crippen MR) is 86.4 cm³/mol. The highest BCUT2D eigenvalue weighted by atomic mass is 19.4. The molecule has 2 aromatic rings. The van der Waals surface area contributed by atoms with Gasteiger partial charge in [-0.25, -0.2) is 0 Å². The summed E-state index contributed by atoms with van der Waals surface area (Å²) in [6, 6.07) is 4.70. The zero-order valence-electron chi connectivity index (χ0n) is 14.8.